The van der Waals surface area contributed by atoms with Gasteiger partial charge in [0.05, 0.1) is 10.7 Å². The van der Waals surface area contributed by atoms with Crippen LogP contribution in [0.4, 0.5) is 0 Å². The van der Waals surface area contributed by atoms with Crippen LogP contribution >= 0.6 is 11.3 Å². The first-order valence-corrected chi connectivity index (χ1v) is 7.76. The van der Waals surface area contributed by atoms with Gasteiger partial charge in [0.25, 0.3) is 5.91 Å². The van der Waals surface area contributed by atoms with Gasteiger partial charge in [-0.25, -0.2) is 4.98 Å². The Kier molecular flexibility index (Phi) is 5.33. The van der Waals surface area contributed by atoms with E-state index >= 15 is 0 Å². The van der Waals surface area contributed by atoms with Crippen molar-refractivity contribution in [2.24, 2.45) is 0 Å². The minimum Gasteiger partial charge on any atom is -0.484 e. The number of benzene rings is 1. The second-order valence-corrected chi connectivity index (χ2v) is 6.18. The lowest BCUT2D eigenvalue weighted by atomic mass is 10.2. The lowest BCUT2D eigenvalue weighted by Gasteiger charge is -2.09. The summed E-state index contributed by atoms with van der Waals surface area (Å²) in [6.45, 7) is 6.61. The molecule has 0 spiro atoms. The maximum atomic E-state index is 11.8. The third-order valence-electron chi connectivity index (χ3n) is 3.13. The molecule has 0 radical (unpaired) electrons. The summed E-state index contributed by atoms with van der Waals surface area (Å²) >= 11 is 1.68. The zero-order chi connectivity index (χ0) is 15.2. The minimum absolute atomic E-state index is 0.0472. The molecule has 0 atom stereocenters. The van der Waals surface area contributed by atoms with E-state index in [4.69, 9.17) is 4.74 Å². The van der Waals surface area contributed by atoms with Crippen molar-refractivity contribution >= 4 is 17.2 Å². The highest BCUT2D eigenvalue weighted by Gasteiger charge is 2.07. The number of ether oxygens (including phenoxy) is 1. The van der Waals surface area contributed by atoms with Gasteiger partial charge in [0.15, 0.2) is 6.61 Å². The Morgan fingerprint density at radius 3 is 2.71 bits per heavy atom. The number of para-hydroxylation sites is 1. The van der Waals surface area contributed by atoms with Gasteiger partial charge in [-0.15, -0.1) is 11.3 Å². The van der Waals surface area contributed by atoms with Crippen molar-refractivity contribution in [3.63, 3.8) is 0 Å². The van der Waals surface area contributed by atoms with Crippen molar-refractivity contribution < 1.29 is 9.53 Å². The van der Waals surface area contributed by atoms with Crippen molar-refractivity contribution in [2.45, 2.75) is 27.2 Å². The van der Waals surface area contributed by atoms with Gasteiger partial charge in [-0.2, -0.15) is 0 Å². The van der Waals surface area contributed by atoms with Crippen molar-refractivity contribution in [3.8, 4) is 5.75 Å². The van der Waals surface area contributed by atoms with Gasteiger partial charge in [0.1, 0.15) is 5.75 Å². The maximum Gasteiger partial charge on any atom is 0.257 e. The number of nitrogens with zero attached hydrogens (tertiary/aromatic N) is 1. The molecule has 2 aromatic rings. The summed E-state index contributed by atoms with van der Waals surface area (Å²) < 4.78 is 5.51. The van der Waals surface area contributed by atoms with Crippen molar-refractivity contribution in [2.75, 3.05) is 13.2 Å². The smallest absolute Gasteiger partial charge is 0.257 e. The van der Waals surface area contributed by atoms with Gasteiger partial charge in [-0.3, -0.25) is 4.79 Å². The highest BCUT2D eigenvalue weighted by molar-refractivity contribution is 7.11. The van der Waals surface area contributed by atoms with Crippen LogP contribution in [0.5, 0.6) is 5.75 Å². The molecule has 0 fully saturated rings. The predicted molar refractivity (Wildman–Crippen MR) is 85.0 cm³/mol. The largest absolute Gasteiger partial charge is 0.484 e. The van der Waals surface area contributed by atoms with Crippen LogP contribution in [-0.4, -0.2) is 24.0 Å². The van der Waals surface area contributed by atoms with Gasteiger partial charge in [-0.05, 0) is 32.4 Å². The number of aromatic nitrogens is 1. The number of hydrogen-bond donors (Lipinski definition) is 1. The fourth-order valence-electron chi connectivity index (χ4n) is 2.03. The number of thiazole rings is 1. The molecule has 4 nitrogen and oxygen atoms in total. The van der Waals surface area contributed by atoms with Gasteiger partial charge in [-0.1, -0.05) is 18.2 Å². The molecule has 0 bridgehead atoms. The zero-order valence-electron chi connectivity index (χ0n) is 12.6. The van der Waals surface area contributed by atoms with Crippen LogP contribution < -0.4 is 10.1 Å². The first kappa shape index (κ1) is 15.5. The third kappa shape index (κ3) is 4.56. The van der Waals surface area contributed by atoms with Gasteiger partial charge in [0.2, 0.25) is 0 Å². The molecule has 21 heavy (non-hydrogen) atoms. The Bertz CT molecular complexity index is 622. The highest BCUT2D eigenvalue weighted by atomic mass is 32.1. The summed E-state index contributed by atoms with van der Waals surface area (Å²) in [7, 11) is 0. The Morgan fingerprint density at radius 1 is 1.29 bits per heavy atom. The quantitative estimate of drug-likeness (QED) is 0.893. The van der Waals surface area contributed by atoms with E-state index < -0.39 is 0 Å². The molecule has 0 aliphatic heterocycles. The number of nitrogens with one attached hydrogen (secondary N) is 1. The van der Waals surface area contributed by atoms with Crippen LogP contribution in [0.2, 0.25) is 0 Å². The summed E-state index contributed by atoms with van der Waals surface area (Å²) in [6, 6.07) is 7.67. The molecule has 112 valence electrons. The van der Waals surface area contributed by atoms with Crippen molar-refractivity contribution in [3.05, 3.63) is 45.4 Å². The van der Waals surface area contributed by atoms with E-state index in [9.17, 15) is 4.79 Å². The van der Waals surface area contributed by atoms with Crippen molar-refractivity contribution in [1.29, 1.82) is 0 Å². The Morgan fingerprint density at radius 2 is 2.05 bits per heavy atom. The first-order chi connectivity index (χ1) is 10.1. The Labute approximate surface area is 129 Å². The molecule has 1 N–H and O–H groups in total. The van der Waals surface area contributed by atoms with E-state index in [0.29, 0.717) is 6.54 Å². The Hall–Kier alpha value is -1.88. The highest BCUT2D eigenvalue weighted by Crippen LogP contribution is 2.17. The van der Waals surface area contributed by atoms with Crippen LogP contribution in [0, 0.1) is 20.8 Å². The lowest BCUT2D eigenvalue weighted by Crippen LogP contribution is -2.30. The SMILES string of the molecule is Cc1nc(C)c(CCNC(=O)COc2ccccc2C)s1. The van der Waals surface area contributed by atoms with Gasteiger partial charge < -0.3 is 10.1 Å². The zero-order valence-corrected chi connectivity index (χ0v) is 13.4. The van der Waals surface area contributed by atoms with Crippen molar-refractivity contribution in [1.82, 2.24) is 10.3 Å². The monoisotopic (exact) mass is 304 g/mol. The number of carbonyl (C=O) groups is 1. The topological polar surface area (TPSA) is 51.2 Å². The molecule has 5 heteroatoms. The summed E-state index contributed by atoms with van der Waals surface area (Å²) in [6.07, 6.45) is 0.813. The van der Waals surface area contributed by atoms with Crippen LogP contribution in [0.1, 0.15) is 21.1 Å². The molecular formula is C16H20N2O2S. The molecular weight excluding hydrogens is 284 g/mol. The number of carbonyl (C=O) groups excluding carboxylic acids is 1. The molecule has 0 saturated carbocycles. The van der Waals surface area contributed by atoms with Gasteiger partial charge >= 0.3 is 0 Å². The molecule has 2 rings (SSSR count). The van der Waals surface area contributed by atoms with Crippen LogP contribution in [0.25, 0.3) is 0 Å². The van der Waals surface area contributed by atoms with E-state index in [0.717, 1.165) is 28.4 Å². The molecule has 1 heterocycles. The number of rotatable bonds is 6. The summed E-state index contributed by atoms with van der Waals surface area (Å²) in [4.78, 5) is 17.4. The normalized spacial score (nSPS) is 10.4. The van der Waals surface area contributed by atoms with Crippen LogP contribution in [0.3, 0.4) is 0 Å². The lowest BCUT2D eigenvalue weighted by molar-refractivity contribution is -0.123. The fourth-order valence-corrected chi connectivity index (χ4v) is 2.97. The van der Waals surface area contributed by atoms with E-state index in [1.54, 1.807) is 11.3 Å². The van der Waals surface area contributed by atoms with E-state index in [1.165, 1.54) is 4.88 Å². The summed E-state index contributed by atoms with van der Waals surface area (Å²) in [5.41, 5.74) is 2.09. The average Bonchev–Trinajstić information content (AvgIpc) is 2.76. The average molecular weight is 304 g/mol. The second-order valence-electron chi connectivity index (χ2n) is 4.90. The Balaban J connectivity index is 1.73. The molecule has 0 aliphatic rings. The predicted octanol–water partition coefficient (Wildman–Crippen LogP) is 2.81. The number of hydrogen-bond acceptors (Lipinski definition) is 4. The maximum absolute atomic E-state index is 11.8. The molecule has 0 aliphatic carbocycles. The van der Waals surface area contributed by atoms with Gasteiger partial charge in [0, 0.05) is 17.8 Å². The third-order valence-corrected chi connectivity index (χ3v) is 4.26. The van der Waals surface area contributed by atoms with E-state index in [1.807, 2.05) is 45.0 Å². The summed E-state index contributed by atoms with van der Waals surface area (Å²) in [5.74, 6) is 0.652. The second kappa shape index (κ2) is 7.22. The van der Waals surface area contributed by atoms with E-state index in [-0.39, 0.29) is 12.5 Å². The molecule has 1 aromatic heterocycles. The standard InChI is InChI=1S/C16H20N2O2S/c1-11-6-4-5-7-14(11)20-10-16(19)17-9-8-15-12(2)18-13(3)21-15/h4-7H,8-10H2,1-3H3,(H,17,19). The van der Waals surface area contributed by atoms with E-state index in [2.05, 4.69) is 10.3 Å². The van der Waals surface area contributed by atoms with Crippen LogP contribution in [-0.2, 0) is 11.2 Å². The molecule has 0 unspecified atom stereocenters. The molecule has 1 aromatic carbocycles. The first-order valence-electron chi connectivity index (χ1n) is 6.94. The summed E-state index contributed by atoms with van der Waals surface area (Å²) in [5, 5.41) is 3.94. The fraction of sp³-hybridized carbons (Fsp3) is 0.375. The number of aryl methyl sites for hydroxylation is 3. The number of amides is 1. The van der Waals surface area contributed by atoms with Crippen LogP contribution in [0.15, 0.2) is 24.3 Å². The minimum atomic E-state index is -0.0999. The molecule has 0 saturated heterocycles. The molecule has 1 amide bonds.